The molecule has 3 rings (SSSR count). The van der Waals surface area contributed by atoms with Crippen molar-refractivity contribution in [3.63, 3.8) is 0 Å². The Labute approximate surface area is 154 Å². The van der Waals surface area contributed by atoms with E-state index in [2.05, 4.69) is 9.36 Å². The number of carbonyl (C=O) groups is 2. The first-order valence-electron chi connectivity index (χ1n) is 8.26. The molecule has 1 aliphatic carbocycles. The lowest BCUT2D eigenvalue weighted by molar-refractivity contribution is -0.133. The molecule has 0 aromatic carbocycles. The Morgan fingerprint density at radius 1 is 1.12 bits per heavy atom. The van der Waals surface area contributed by atoms with Crippen molar-refractivity contribution in [1.82, 2.24) is 9.36 Å². The summed E-state index contributed by atoms with van der Waals surface area (Å²) in [4.78, 5) is 30.9. The number of rotatable bonds is 5. The number of carboxylic acid groups (broad SMARTS) is 1. The molecule has 2 heterocycles. The SMILES string of the molecule is Cc1nsc(-c2c(CC(=O)C3=C(C(=O)O)CCCC3)sc(C)c2C)n1. The quantitative estimate of drug-likeness (QED) is 0.843. The highest BCUT2D eigenvalue weighted by Gasteiger charge is 2.26. The molecule has 0 spiro atoms. The van der Waals surface area contributed by atoms with E-state index in [-0.39, 0.29) is 12.2 Å². The predicted molar refractivity (Wildman–Crippen MR) is 99.3 cm³/mol. The van der Waals surface area contributed by atoms with Crippen molar-refractivity contribution in [2.45, 2.75) is 52.9 Å². The minimum atomic E-state index is -0.957. The number of hydrogen-bond acceptors (Lipinski definition) is 6. The molecule has 0 atom stereocenters. The molecule has 0 saturated heterocycles. The number of thiophene rings is 1. The standard InChI is InChI=1S/C18H20N2O3S2/c1-9-10(2)24-15(16(9)17-19-11(3)20-25-17)8-14(21)12-6-4-5-7-13(12)18(22)23/h4-8H2,1-3H3,(H,22,23). The number of Topliss-reactive ketones (excluding diaryl/α,β-unsaturated/α-hetero) is 1. The van der Waals surface area contributed by atoms with E-state index in [1.807, 2.05) is 20.8 Å². The molecule has 2 aromatic rings. The molecule has 5 nitrogen and oxygen atoms in total. The molecule has 25 heavy (non-hydrogen) atoms. The van der Waals surface area contributed by atoms with Gasteiger partial charge in [-0.3, -0.25) is 4.79 Å². The lowest BCUT2D eigenvalue weighted by atomic mass is 9.88. The summed E-state index contributed by atoms with van der Waals surface area (Å²) in [6.07, 6.45) is 3.01. The summed E-state index contributed by atoms with van der Waals surface area (Å²) in [5.74, 6) is -0.300. The van der Waals surface area contributed by atoms with E-state index in [0.29, 0.717) is 24.0 Å². The van der Waals surface area contributed by atoms with Crippen molar-refractivity contribution >= 4 is 34.6 Å². The fourth-order valence-electron chi connectivity index (χ4n) is 3.20. The van der Waals surface area contributed by atoms with E-state index < -0.39 is 5.97 Å². The van der Waals surface area contributed by atoms with Crippen molar-refractivity contribution in [2.75, 3.05) is 0 Å². The Kier molecular flexibility index (Phi) is 5.15. The topological polar surface area (TPSA) is 80.2 Å². The third-order valence-corrected chi connectivity index (χ3v) is 6.61. The van der Waals surface area contributed by atoms with Crippen molar-refractivity contribution in [3.8, 4) is 10.6 Å². The molecule has 2 aromatic heterocycles. The fourth-order valence-corrected chi connectivity index (χ4v) is 5.25. The van der Waals surface area contributed by atoms with Crippen LogP contribution in [0.4, 0.5) is 0 Å². The van der Waals surface area contributed by atoms with Gasteiger partial charge in [0.1, 0.15) is 10.8 Å². The van der Waals surface area contributed by atoms with Gasteiger partial charge < -0.3 is 5.11 Å². The second kappa shape index (κ2) is 7.17. The van der Waals surface area contributed by atoms with Crippen LogP contribution < -0.4 is 0 Å². The lowest BCUT2D eigenvalue weighted by Crippen LogP contribution is -2.17. The zero-order valence-corrected chi connectivity index (χ0v) is 16.1. The highest BCUT2D eigenvalue weighted by molar-refractivity contribution is 7.14. The second-order valence-electron chi connectivity index (χ2n) is 6.30. The summed E-state index contributed by atoms with van der Waals surface area (Å²) in [5, 5.41) is 10.2. The van der Waals surface area contributed by atoms with Gasteiger partial charge in [0, 0.05) is 32.9 Å². The molecule has 0 aliphatic heterocycles. The van der Waals surface area contributed by atoms with Crippen LogP contribution in [0.5, 0.6) is 0 Å². The fraction of sp³-hybridized carbons (Fsp3) is 0.444. The molecule has 1 N–H and O–H groups in total. The van der Waals surface area contributed by atoms with Crippen molar-refractivity contribution in [3.05, 3.63) is 32.3 Å². The summed E-state index contributed by atoms with van der Waals surface area (Å²) < 4.78 is 4.25. The van der Waals surface area contributed by atoms with Crippen molar-refractivity contribution in [2.24, 2.45) is 0 Å². The number of aliphatic carboxylic acids is 1. The number of hydrogen-bond donors (Lipinski definition) is 1. The maximum absolute atomic E-state index is 12.8. The number of nitrogens with zero attached hydrogens (tertiary/aromatic N) is 2. The molecule has 0 radical (unpaired) electrons. The Hall–Kier alpha value is -1.86. The van der Waals surface area contributed by atoms with Gasteiger partial charge in [0.05, 0.1) is 0 Å². The number of aryl methyl sites for hydroxylation is 2. The normalized spacial score (nSPS) is 14.8. The first-order chi connectivity index (χ1) is 11.9. The van der Waals surface area contributed by atoms with Crippen LogP contribution in [0.3, 0.4) is 0 Å². The number of carbonyl (C=O) groups excluding carboxylic acids is 1. The smallest absolute Gasteiger partial charge is 0.331 e. The van der Waals surface area contributed by atoms with Gasteiger partial charge in [-0.15, -0.1) is 11.3 Å². The average Bonchev–Trinajstić information content (AvgIpc) is 3.11. The number of allylic oxidation sites excluding steroid dienone is 1. The Morgan fingerprint density at radius 3 is 2.40 bits per heavy atom. The molecule has 0 amide bonds. The molecule has 1 aliphatic rings. The summed E-state index contributed by atoms with van der Waals surface area (Å²) in [7, 11) is 0. The van der Waals surface area contributed by atoms with E-state index in [0.717, 1.165) is 44.6 Å². The first kappa shape index (κ1) is 17.9. The summed E-state index contributed by atoms with van der Waals surface area (Å²) >= 11 is 2.94. The largest absolute Gasteiger partial charge is 0.478 e. The van der Waals surface area contributed by atoms with Crippen LogP contribution in [-0.4, -0.2) is 26.2 Å². The van der Waals surface area contributed by atoms with E-state index in [1.165, 1.54) is 11.5 Å². The molecule has 7 heteroatoms. The van der Waals surface area contributed by atoms with Gasteiger partial charge in [-0.05, 0) is 63.6 Å². The van der Waals surface area contributed by atoms with Crippen LogP contribution in [0.2, 0.25) is 0 Å². The Bertz CT molecular complexity index is 877. The van der Waals surface area contributed by atoms with Gasteiger partial charge in [0.2, 0.25) is 0 Å². The molecule has 0 saturated carbocycles. The third kappa shape index (κ3) is 3.57. The zero-order valence-electron chi connectivity index (χ0n) is 14.5. The number of aromatic nitrogens is 2. The maximum atomic E-state index is 12.8. The highest BCUT2D eigenvalue weighted by atomic mass is 32.1. The van der Waals surface area contributed by atoms with E-state index in [4.69, 9.17) is 0 Å². The minimum absolute atomic E-state index is 0.0687. The molecule has 0 unspecified atom stereocenters. The maximum Gasteiger partial charge on any atom is 0.331 e. The predicted octanol–water partition coefficient (Wildman–Crippen LogP) is 4.26. The monoisotopic (exact) mass is 376 g/mol. The van der Waals surface area contributed by atoms with Crippen LogP contribution in [0.1, 0.15) is 46.8 Å². The van der Waals surface area contributed by atoms with Gasteiger partial charge in [-0.1, -0.05) is 0 Å². The second-order valence-corrected chi connectivity index (χ2v) is 8.36. The number of ketones is 1. The van der Waals surface area contributed by atoms with Crippen molar-refractivity contribution in [1.29, 1.82) is 0 Å². The molecular formula is C18H20N2O3S2. The van der Waals surface area contributed by atoms with Gasteiger partial charge in [0.15, 0.2) is 5.78 Å². The minimum Gasteiger partial charge on any atom is -0.478 e. The van der Waals surface area contributed by atoms with E-state index in [9.17, 15) is 14.7 Å². The van der Waals surface area contributed by atoms with Gasteiger partial charge in [-0.2, -0.15) is 4.37 Å². The van der Waals surface area contributed by atoms with Crippen LogP contribution in [0.25, 0.3) is 10.6 Å². The van der Waals surface area contributed by atoms with E-state index in [1.54, 1.807) is 11.3 Å². The number of carboxylic acids is 1. The zero-order chi connectivity index (χ0) is 18.1. The third-order valence-electron chi connectivity index (χ3n) is 4.58. The lowest BCUT2D eigenvalue weighted by Gasteiger charge is -2.16. The first-order valence-corrected chi connectivity index (χ1v) is 9.85. The summed E-state index contributed by atoms with van der Waals surface area (Å²) in [6, 6.07) is 0. The van der Waals surface area contributed by atoms with E-state index >= 15 is 0 Å². The summed E-state index contributed by atoms with van der Waals surface area (Å²) in [5.41, 5.74) is 2.92. The van der Waals surface area contributed by atoms with Crippen LogP contribution in [-0.2, 0) is 16.0 Å². The molecule has 132 valence electrons. The molecule has 0 fully saturated rings. The van der Waals surface area contributed by atoms with Crippen LogP contribution in [0, 0.1) is 20.8 Å². The van der Waals surface area contributed by atoms with Gasteiger partial charge in [-0.25, -0.2) is 9.78 Å². The van der Waals surface area contributed by atoms with Gasteiger partial charge in [0.25, 0.3) is 0 Å². The van der Waals surface area contributed by atoms with Crippen molar-refractivity contribution < 1.29 is 14.7 Å². The summed E-state index contributed by atoms with van der Waals surface area (Å²) in [6.45, 7) is 5.92. The van der Waals surface area contributed by atoms with Gasteiger partial charge >= 0.3 is 5.97 Å². The average molecular weight is 377 g/mol. The Balaban J connectivity index is 1.97. The van der Waals surface area contributed by atoms with Crippen LogP contribution >= 0.6 is 22.9 Å². The molecule has 0 bridgehead atoms. The molecular weight excluding hydrogens is 356 g/mol. The highest BCUT2D eigenvalue weighted by Crippen LogP contribution is 2.38. The Morgan fingerprint density at radius 2 is 1.80 bits per heavy atom. The van der Waals surface area contributed by atoms with Crippen LogP contribution in [0.15, 0.2) is 11.1 Å².